The van der Waals surface area contributed by atoms with Gasteiger partial charge in [-0.1, -0.05) is 23.2 Å². The molecule has 1 N–H and O–H groups in total. The minimum atomic E-state index is -0.767. The van der Waals surface area contributed by atoms with Gasteiger partial charge >= 0.3 is 0 Å². The van der Waals surface area contributed by atoms with E-state index in [0.717, 1.165) is 18.2 Å². The van der Waals surface area contributed by atoms with Crippen LogP contribution >= 0.6 is 23.2 Å². The zero-order valence-corrected chi connectivity index (χ0v) is 12.2. The van der Waals surface area contributed by atoms with Gasteiger partial charge in [-0.25, -0.2) is 8.78 Å². The quantitative estimate of drug-likeness (QED) is 0.935. The number of hydrogen-bond acceptors (Lipinski definition) is 3. The number of amides is 1. The lowest BCUT2D eigenvalue weighted by molar-refractivity contribution is 0.0939. The molecule has 0 bridgehead atoms. The summed E-state index contributed by atoms with van der Waals surface area (Å²) in [4.78, 5) is 12.1. The predicted molar refractivity (Wildman–Crippen MR) is 74.3 cm³/mol. The predicted octanol–water partition coefficient (Wildman–Crippen LogP) is 3.55. The molecule has 1 aromatic carbocycles. The topological polar surface area (TPSA) is 54.9 Å². The summed E-state index contributed by atoms with van der Waals surface area (Å²) in [5.74, 6) is -1.84. The van der Waals surface area contributed by atoms with Crippen molar-refractivity contribution in [2.24, 2.45) is 0 Å². The number of nitrogens with one attached hydrogen (secondary N) is 1. The van der Waals surface area contributed by atoms with Gasteiger partial charge in [0.1, 0.15) is 11.6 Å². The van der Waals surface area contributed by atoms with Crippen molar-refractivity contribution in [2.75, 3.05) is 0 Å². The molecular weight excluding hydrogens is 323 g/mol. The van der Waals surface area contributed by atoms with Crippen LogP contribution in [-0.2, 0) is 0 Å². The van der Waals surface area contributed by atoms with Gasteiger partial charge in [0.2, 0.25) is 0 Å². The molecule has 0 radical (unpaired) electrons. The van der Waals surface area contributed by atoms with Crippen molar-refractivity contribution < 1.29 is 13.6 Å². The van der Waals surface area contributed by atoms with Gasteiger partial charge in [0.15, 0.2) is 10.3 Å². The highest BCUT2D eigenvalue weighted by atomic mass is 35.5. The van der Waals surface area contributed by atoms with Gasteiger partial charge < -0.3 is 5.32 Å². The van der Waals surface area contributed by atoms with E-state index in [1.165, 1.54) is 13.0 Å². The van der Waals surface area contributed by atoms with E-state index >= 15 is 0 Å². The minimum absolute atomic E-state index is 0.000304. The summed E-state index contributed by atoms with van der Waals surface area (Å²) in [6.07, 6.45) is 0. The Balaban J connectivity index is 2.23. The van der Waals surface area contributed by atoms with Gasteiger partial charge in [-0.3, -0.25) is 4.79 Å². The Kier molecular flexibility index (Phi) is 4.69. The second kappa shape index (κ2) is 6.32. The molecule has 0 aliphatic heterocycles. The van der Waals surface area contributed by atoms with E-state index in [2.05, 4.69) is 15.5 Å². The van der Waals surface area contributed by atoms with Crippen LogP contribution in [0.15, 0.2) is 24.3 Å². The van der Waals surface area contributed by atoms with Crippen molar-refractivity contribution in [2.45, 2.75) is 13.0 Å². The first-order valence-electron chi connectivity index (χ1n) is 5.83. The summed E-state index contributed by atoms with van der Waals surface area (Å²) in [6, 6.07) is 3.47. The van der Waals surface area contributed by atoms with Crippen molar-refractivity contribution in [1.82, 2.24) is 15.5 Å². The lowest BCUT2D eigenvalue weighted by atomic mass is 10.1. The summed E-state index contributed by atoms with van der Waals surface area (Å²) in [5, 5.41) is 9.33. The second-order valence-electron chi connectivity index (χ2n) is 4.23. The first-order valence-corrected chi connectivity index (χ1v) is 6.58. The van der Waals surface area contributed by atoms with Gasteiger partial charge in [-0.05, 0) is 31.2 Å². The third-order valence-electron chi connectivity index (χ3n) is 2.74. The third-order valence-corrected chi connectivity index (χ3v) is 3.20. The molecular formula is C13H9Cl2F2N3O. The summed E-state index contributed by atoms with van der Waals surface area (Å²) >= 11 is 11.4. The first kappa shape index (κ1) is 15.6. The van der Waals surface area contributed by atoms with E-state index in [1.807, 2.05) is 0 Å². The molecule has 1 unspecified atom stereocenters. The lowest BCUT2D eigenvalue weighted by Gasteiger charge is -2.15. The number of aromatic nitrogens is 2. The molecule has 2 aromatic rings. The van der Waals surface area contributed by atoms with Crippen LogP contribution in [0.25, 0.3) is 0 Å². The molecule has 2 rings (SSSR count). The highest BCUT2D eigenvalue weighted by Gasteiger charge is 2.18. The van der Waals surface area contributed by atoms with Crippen molar-refractivity contribution in [3.05, 3.63) is 57.3 Å². The number of halogens is 4. The molecule has 1 aromatic heterocycles. The lowest BCUT2D eigenvalue weighted by Crippen LogP contribution is -2.28. The Hall–Kier alpha value is -1.79. The first-order chi connectivity index (χ1) is 9.88. The summed E-state index contributed by atoms with van der Waals surface area (Å²) in [7, 11) is 0. The van der Waals surface area contributed by atoms with Crippen LogP contribution in [0.4, 0.5) is 8.78 Å². The number of benzene rings is 1. The van der Waals surface area contributed by atoms with Crippen LogP contribution in [0.3, 0.4) is 0 Å². The molecule has 1 heterocycles. The zero-order valence-electron chi connectivity index (χ0n) is 10.7. The van der Waals surface area contributed by atoms with Gasteiger partial charge in [0.25, 0.3) is 5.91 Å². The standard InChI is InChI=1S/C13H9Cl2F2N3O/c1-6(8-4-7(16)2-3-10(8)17)18-13(21)9-5-11(14)19-20-12(9)15/h2-6H,1H3,(H,18,21). The smallest absolute Gasteiger partial charge is 0.255 e. The fourth-order valence-electron chi connectivity index (χ4n) is 1.71. The number of rotatable bonds is 3. The monoisotopic (exact) mass is 331 g/mol. The van der Waals surface area contributed by atoms with Gasteiger partial charge in [-0.2, -0.15) is 0 Å². The van der Waals surface area contributed by atoms with Crippen molar-refractivity contribution >= 4 is 29.1 Å². The number of carbonyl (C=O) groups excluding carboxylic acids is 1. The Morgan fingerprint density at radius 2 is 1.95 bits per heavy atom. The van der Waals surface area contributed by atoms with Crippen LogP contribution in [0.5, 0.6) is 0 Å². The van der Waals surface area contributed by atoms with E-state index in [0.29, 0.717) is 0 Å². The van der Waals surface area contributed by atoms with Crippen LogP contribution < -0.4 is 5.32 Å². The Labute approximate surface area is 129 Å². The molecule has 110 valence electrons. The van der Waals surface area contributed by atoms with Crippen LogP contribution in [0.1, 0.15) is 28.9 Å². The average Bonchev–Trinajstić information content (AvgIpc) is 2.43. The highest BCUT2D eigenvalue weighted by molar-refractivity contribution is 6.34. The molecule has 0 fully saturated rings. The average molecular weight is 332 g/mol. The van der Waals surface area contributed by atoms with Crippen molar-refractivity contribution in [3.8, 4) is 0 Å². The normalized spacial score (nSPS) is 12.0. The summed E-state index contributed by atoms with van der Waals surface area (Å²) < 4.78 is 26.8. The maximum atomic E-state index is 13.6. The van der Waals surface area contributed by atoms with Crippen LogP contribution in [-0.4, -0.2) is 16.1 Å². The maximum Gasteiger partial charge on any atom is 0.255 e. The molecule has 0 aliphatic rings. The van der Waals surface area contributed by atoms with E-state index in [4.69, 9.17) is 23.2 Å². The third kappa shape index (κ3) is 3.65. The minimum Gasteiger partial charge on any atom is -0.345 e. The molecule has 0 spiro atoms. The number of carbonyl (C=O) groups is 1. The van der Waals surface area contributed by atoms with E-state index in [-0.39, 0.29) is 21.4 Å². The Bertz CT molecular complexity index is 697. The molecule has 1 amide bonds. The van der Waals surface area contributed by atoms with Gasteiger partial charge in [-0.15, -0.1) is 10.2 Å². The van der Waals surface area contributed by atoms with E-state index in [9.17, 15) is 13.6 Å². The van der Waals surface area contributed by atoms with E-state index < -0.39 is 23.6 Å². The van der Waals surface area contributed by atoms with Gasteiger partial charge in [0.05, 0.1) is 11.6 Å². The molecule has 21 heavy (non-hydrogen) atoms. The molecule has 1 atom stereocenters. The van der Waals surface area contributed by atoms with Crippen molar-refractivity contribution in [3.63, 3.8) is 0 Å². The Morgan fingerprint density at radius 1 is 1.24 bits per heavy atom. The molecule has 0 saturated heterocycles. The molecule has 8 heteroatoms. The SMILES string of the molecule is CC(NC(=O)c1cc(Cl)nnc1Cl)c1cc(F)ccc1F. The number of hydrogen-bond donors (Lipinski definition) is 1. The van der Waals surface area contributed by atoms with Crippen LogP contribution in [0.2, 0.25) is 10.3 Å². The van der Waals surface area contributed by atoms with Crippen molar-refractivity contribution in [1.29, 1.82) is 0 Å². The van der Waals surface area contributed by atoms with Gasteiger partial charge in [0, 0.05) is 5.56 Å². The maximum absolute atomic E-state index is 13.6. The Morgan fingerprint density at radius 3 is 2.67 bits per heavy atom. The van der Waals surface area contributed by atoms with E-state index in [1.54, 1.807) is 0 Å². The van der Waals surface area contributed by atoms with Crippen LogP contribution in [0, 0.1) is 11.6 Å². The molecule has 0 saturated carbocycles. The summed E-state index contributed by atoms with van der Waals surface area (Å²) in [5.41, 5.74) is 0.0212. The number of nitrogens with zero attached hydrogens (tertiary/aromatic N) is 2. The fraction of sp³-hybridized carbons (Fsp3) is 0.154. The molecule has 4 nitrogen and oxygen atoms in total. The second-order valence-corrected chi connectivity index (χ2v) is 4.98. The molecule has 0 aliphatic carbocycles. The summed E-state index contributed by atoms with van der Waals surface area (Å²) in [6.45, 7) is 1.51. The largest absolute Gasteiger partial charge is 0.345 e. The zero-order chi connectivity index (χ0) is 15.6. The fourth-order valence-corrected chi connectivity index (χ4v) is 2.04. The highest BCUT2D eigenvalue weighted by Crippen LogP contribution is 2.20.